The molecule has 0 aromatic heterocycles. The molecule has 0 fully saturated rings. The van der Waals surface area contributed by atoms with Gasteiger partial charge in [-0.1, -0.05) is 12.5 Å². The maximum absolute atomic E-state index is 11.4. The van der Waals surface area contributed by atoms with Crippen LogP contribution < -0.4 is 5.11 Å². The standard InChI is InChI=1S/C11H12N2O/c12-13-10-6-8-4-2-1-3-5-9(8)7-11(10)14/h6-7H,1-5H2. The van der Waals surface area contributed by atoms with Gasteiger partial charge in [-0.3, -0.25) is 0 Å². The first-order chi connectivity index (χ1) is 6.81. The van der Waals surface area contributed by atoms with Gasteiger partial charge < -0.3 is 5.11 Å². The smallest absolute Gasteiger partial charge is 0.377 e. The van der Waals surface area contributed by atoms with Crippen LogP contribution >= 0.6 is 0 Å². The summed E-state index contributed by atoms with van der Waals surface area (Å²) in [6.07, 6.45) is 5.51. The van der Waals surface area contributed by atoms with E-state index in [9.17, 15) is 5.11 Å². The first kappa shape index (κ1) is 9.01. The van der Waals surface area contributed by atoms with Crippen molar-refractivity contribution in [2.75, 3.05) is 0 Å². The van der Waals surface area contributed by atoms with Crippen LogP contribution in [0.15, 0.2) is 12.1 Å². The Morgan fingerprint density at radius 1 is 1.07 bits per heavy atom. The summed E-state index contributed by atoms with van der Waals surface area (Å²) in [5, 5.41) is 20.0. The minimum atomic E-state index is -0.173. The zero-order valence-corrected chi connectivity index (χ0v) is 7.99. The number of diazo groups is 1. The number of fused-ring (bicyclic) bond motifs is 1. The Morgan fingerprint density at radius 3 is 2.36 bits per heavy atom. The maximum atomic E-state index is 11.4. The van der Waals surface area contributed by atoms with Crippen LogP contribution in [-0.4, -0.2) is 0 Å². The molecule has 0 saturated carbocycles. The molecular weight excluding hydrogens is 176 g/mol. The highest BCUT2D eigenvalue weighted by Gasteiger charge is 2.14. The van der Waals surface area contributed by atoms with E-state index in [1.807, 2.05) is 0 Å². The predicted octanol–water partition coefficient (Wildman–Crippen LogP) is 2.51. The molecule has 14 heavy (non-hydrogen) atoms. The minimum Gasteiger partial charge on any atom is -0.867 e. The van der Waals surface area contributed by atoms with E-state index in [4.69, 9.17) is 5.39 Å². The van der Waals surface area contributed by atoms with Crippen molar-refractivity contribution >= 4 is 5.69 Å². The van der Waals surface area contributed by atoms with E-state index in [0.29, 0.717) is 0 Å². The van der Waals surface area contributed by atoms with Gasteiger partial charge in [0.2, 0.25) is 5.39 Å². The van der Waals surface area contributed by atoms with Crippen molar-refractivity contribution < 1.29 is 5.11 Å². The van der Waals surface area contributed by atoms with Gasteiger partial charge in [0.15, 0.2) is 4.98 Å². The van der Waals surface area contributed by atoms with Gasteiger partial charge in [0, 0.05) is 6.07 Å². The Bertz CT molecular complexity index is 393. The second-order valence-electron chi connectivity index (χ2n) is 3.75. The van der Waals surface area contributed by atoms with Crippen LogP contribution in [-0.2, 0) is 12.8 Å². The van der Waals surface area contributed by atoms with Crippen LogP contribution in [0, 0.1) is 5.39 Å². The third-order valence-electron chi connectivity index (χ3n) is 2.78. The van der Waals surface area contributed by atoms with E-state index in [0.717, 1.165) is 31.2 Å². The highest BCUT2D eigenvalue weighted by atomic mass is 16.3. The molecule has 2 rings (SSSR count). The molecule has 1 aliphatic carbocycles. The molecule has 3 nitrogen and oxygen atoms in total. The van der Waals surface area contributed by atoms with Crippen LogP contribution in [0.4, 0.5) is 5.69 Å². The average molecular weight is 188 g/mol. The molecule has 72 valence electrons. The number of nitrogens with zero attached hydrogens (tertiary/aromatic N) is 2. The minimum absolute atomic E-state index is 0.172. The fourth-order valence-corrected chi connectivity index (χ4v) is 2.01. The first-order valence-corrected chi connectivity index (χ1v) is 4.99. The van der Waals surface area contributed by atoms with E-state index < -0.39 is 0 Å². The summed E-state index contributed by atoms with van der Waals surface area (Å²) in [7, 11) is 0. The van der Waals surface area contributed by atoms with Crippen LogP contribution in [0.1, 0.15) is 30.4 Å². The Kier molecular flexibility index (Phi) is 2.36. The number of hydrogen-bond acceptors (Lipinski definition) is 2. The van der Waals surface area contributed by atoms with Gasteiger partial charge in [-0.2, -0.15) is 0 Å². The largest absolute Gasteiger partial charge is 0.867 e. The first-order valence-electron chi connectivity index (χ1n) is 4.99. The van der Waals surface area contributed by atoms with E-state index in [1.54, 1.807) is 12.1 Å². The third-order valence-corrected chi connectivity index (χ3v) is 2.78. The molecule has 0 bridgehead atoms. The summed E-state index contributed by atoms with van der Waals surface area (Å²) in [5.74, 6) is -0.173. The fourth-order valence-electron chi connectivity index (χ4n) is 2.01. The zero-order chi connectivity index (χ0) is 9.97. The van der Waals surface area contributed by atoms with Gasteiger partial charge in [0.1, 0.15) is 0 Å². The quantitative estimate of drug-likeness (QED) is 0.464. The fraction of sp³-hybridized carbons (Fsp3) is 0.455. The zero-order valence-electron chi connectivity index (χ0n) is 7.99. The number of hydrogen-bond donors (Lipinski definition) is 0. The highest BCUT2D eigenvalue weighted by molar-refractivity contribution is 5.59. The monoisotopic (exact) mass is 188 g/mol. The Balaban J connectivity index is 2.47. The van der Waals surface area contributed by atoms with Crippen molar-refractivity contribution in [3.05, 3.63) is 28.2 Å². The summed E-state index contributed by atoms with van der Waals surface area (Å²) in [6, 6.07) is 3.35. The third kappa shape index (κ3) is 1.56. The molecule has 0 heterocycles. The van der Waals surface area contributed by atoms with Gasteiger partial charge in [0.25, 0.3) is 0 Å². The van der Waals surface area contributed by atoms with Crippen LogP contribution in [0.25, 0.3) is 4.98 Å². The lowest BCUT2D eigenvalue weighted by Gasteiger charge is -2.08. The summed E-state index contributed by atoms with van der Waals surface area (Å²) < 4.78 is 0. The Morgan fingerprint density at radius 2 is 1.71 bits per heavy atom. The maximum Gasteiger partial charge on any atom is 0.377 e. The lowest BCUT2D eigenvalue weighted by atomic mass is 10.0. The van der Waals surface area contributed by atoms with Crippen molar-refractivity contribution in [1.29, 1.82) is 5.39 Å². The SMILES string of the molecule is N#[N+]c1cc2c(cc1[O-])CCCCC2. The van der Waals surface area contributed by atoms with E-state index in [1.165, 1.54) is 12.0 Å². The van der Waals surface area contributed by atoms with Gasteiger partial charge in [-0.05, 0) is 42.6 Å². The van der Waals surface area contributed by atoms with Crippen molar-refractivity contribution in [3.63, 3.8) is 0 Å². The molecule has 0 radical (unpaired) electrons. The molecule has 1 aromatic rings. The molecule has 0 unspecified atom stereocenters. The van der Waals surface area contributed by atoms with Crippen LogP contribution in [0.3, 0.4) is 0 Å². The molecule has 1 aliphatic rings. The number of aryl methyl sites for hydroxylation is 2. The summed E-state index contributed by atoms with van der Waals surface area (Å²) in [4.78, 5) is 3.00. The lowest BCUT2D eigenvalue weighted by molar-refractivity contribution is -0.267. The molecule has 0 amide bonds. The van der Waals surface area contributed by atoms with Crippen molar-refractivity contribution in [2.45, 2.75) is 32.1 Å². The van der Waals surface area contributed by atoms with Crippen LogP contribution in [0.5, 0.6) is 5.75 Å². The Labute approximate surface area is 83.0 Å². The lowest BCUT2D eigenvalue weighted by Crippen LogP contribution is -1.96. The summed E-state index contributed by atoms with van der Waals surface area (Å²) in [6.45, 7) is 0. The van der Waals surface area contributed by atoms with E-state index >= 15 is 0 Å². The van der Waals surface area contributed by atoms with Gasteiger partial charge in [-0.15, -0.1) is 0 Å². The van der Waals surface area contributed by atoms with Crippen molar-refractivity contribution in [2.24, 2.45) is 0 Å². The molecule has 0 saturated heterocycles. The van der Waals surface area contributed by atoms with Gasteiger partial charge >= 0.3 is 5.69 Å². The van der Waals surface area contributed by atoms with Gasteiger partial charge in [0.05, 0.1) is 0 Å². The molecule has 0 aliphatic heterocycles. The van der Waals surface area contributed by atoms with Crippen molar-refractivity contribution in [1.82, 2.24) is 0 Å². The second kappa shape index (κ2) is 3.67. The Hall–Kier alpha value is -1.56. The van der Waals surface area contributed by atoms with Crippen molar-refractivity contribution in [3.8, 4) is 5.75 Å². The summed E-state index contributed by atoms with van der Waals surface area (Å²) >= 11 is 0. The molecular formula is C11H12N2O. The van der Waals surface area contributed by atoms with Gasteiger partial charge in [-0.25, -0.2) is 0 Å². The molecule has 0 spiro atoms. The number of rotatable bonds is 0. The molecule has 0 atom stereocenters. The average Bonchev–Trinajstić information content (AvgIpc) is 2.41. The van der Waals surface area contributed by atoms with E-state index in [2.05, 4.69) is 4.98 Å². The van der Waals surface area contributed by atoms with E-state index in [-0.39, 0.29) is 11.4 Å². The molecule has 1 aromatic carbocycles. The normalized spacial score (nSPS) is 15.4. The van der Waals surface area contributed by atoms with Crippen LogP contribution in [0.2, 0.25) is 0 Å². The topological polar surface area (TPSA) is 51.2 Å². The molecule has 0 N–H and O–H groups in total. The second-order valence-corrected chi connectivity index (χ2v) is 3.75. The molecule has 3 heteroatoms. The summed E-state index contributed by atoms with van der Waals surface area (Å²) in [5.41, 5.74) is 2.49. The predicted molar refractivity (Wildman–Crippen MR) is 51.9 cm³/mol. The highest BCUT2D eigenvalue weighted by Crippen LogP contribution is 2.31. The number of benzene rings is 1.